The molecule has 0 radical (unpaired) electrons. The third-order valence-corrected chi connectivity index (χ3v) is 4.29. The molecule has 0 aliphatic rings. The van der Waals surface area contributed by atoms with Gasteiger partial charge in [0.25, 0.3) is 0 Å². The zero-order chi connectivity index (χ0) is 16.8. The summed E-state index contributed by atoms with van der Waals surface area (Å²) in [5, 5.41) is 0. The second-order valence-electron chi connectivity index (χ2n) is 6.03. The molecule has 0 aliphatic carbocycles. The normalized spacial score (nSPS) is 12.1. The van der Waals surface area contributed by atoms with Crippen molar-refractivity contribution in [1.29, 1.82) is 0 Å². The van der Waals surface area contributed by atoms with Crippen molar-refractivity contribution in [1.82, 2.24) is 14.9 Å². The van der Waals surface area contributed by atoms with E-state index in [0.717, 1.165) is 41.9 Å². The summed E-state index contributed by atoms with van der Waals surface area (Å²) in [5.41, 5.74) is 3.17. The Morgan fingerprint density at radius 2 is 1.83 bits per heavy atom. The Bertz CT molecular complexity index is 806. The zero-order valence-corrected chi connectivity index (χ0v) is 14.3. The Kier molecular flexibility index (Phi) is 5.30. The molecule has 122 valence electrons. The Hall–Kier alpha value is -2.57. The van der Waals surface area contributed by atoms with Crippen molar-refractivity contribution >= 4 is 11.0 Å². The molecule has 2 aromatic carbocycles. The SMILES string of the molecule is CC[C@@H](C)N(CC#Cc1ccccc1)Cc1nc2ccccc2[nH]1. The molecule has 24 heavy (non-hydrogen) atoms. The van der Waals surface area contributed by atoms with Crippen molar-refractivity contribution in [3.63, 3.8) is 0 Å². The lowest BCUT2D eigenvalue weighted by molar-refractivity contribution is 0.216. The summed E-state index contributed by atoms with van der Waals surface area (Å²) in [5.74, 6) is 7.55. The highest BCUT2D eigenvalue weighted by Crippen LogP contribution is 2.13. The smallest absolute Gasteiger partial charge is 0.121 e. The van der Waals surface area contributed by atoms with Crippen LogP contribution in [0.15, 0.2) is 54.6 Å². The molecule has 3 nitrogen and oxygen atoms in total. The molecule has 0 saturated carbocycles. The van der Waals surface area contributed by atoms with Crippen LogP contribution in [0.1, 0.15) is 31.7 Å². The predicted molar refractivity (Wildman–Crippen MR) is 99.6 cm³/mol. The second-order valence-corrected chi connectivity index (χ2v) is 6.03. The number of imidazole rings is 1. The number of nitrogens with zero attached hydrogens (tertiary/aromatic N) is 2. The van der Waals surface area contributed by atoms with Crippen LogP contribution in [-0.4, -0.2) is 27.5 Å². The number of rotatable bonds is 5. The van der Waals surface area contributed by atoms with Crippen LogP contribution in [0.4, 0.5) is 0 Å². The molecule has 0 spiro atoms. The molecule has 1 heterocycles. The largest absolute Gasteiger partial charge is 0.341 e. The Morgan fingerprint density at radius 3 is 2.58 bits per heavy atom. The van der Waals surface area contributed by atoms with Crippen LogP contribution < -0.4 is 0 Å². The Labute approximate surface area is 143 Å². The molecule has 0 fully saturated rings. The summed E-state index contributed by atoms with van der Waals surface area (Å²) in [7, 11) is 0. The minimum atomic E-state index is 0.461. The van der Waals surface area contributed by atoms with Gasteiger partial charge < -0.3 is 4.98 Å². The van der Waals surface area contributed by atoms with Crippen LogP contribution in [0.2, 0.25) is 0 Å². The van der Waals surface area contributed by atoms with Gasteiger partial charge in [0, 0.05) is 11.6 Å². The maximum Gasteiger partial charge on any atom is 0.121 e. The second kappa shape index (κ2) is 7.81. The lowest BCUT2D eigenvalue weighted by Gasteiger charge is -2.25. The quantitative estimate of drug-likeness (QED) is 0.715. The summed E-state index contributed by atoms with van der Waals surface area (Å²) in [4.78, 5) is 10.5. The van der Waals surface area contributed by atoms with Crippen LogP contribution in [0.5, 0.6) is 0 Å². The van der Waals surface area contributed by atoms with E-state index in [1.165, 1.54) is 0 Å². The molecule has 0 aliphatic heterocycles. The van der Waals surface area contributed by atoms with Gasteiger partial charge in [0.05, 0.1) is 24.1 Å². The van der Waals surface area contributed by atoms with Crippen molar-refractivity contribution in [2.45, 2.75) is 32.9 Å². The molecular formula is C21H23N3. The van der Waals surface area contributed by atoms with E-state index < -0.39 is 0 Å². The average Bonchev–Trinajstić information content (AvgIpc) is 3.03. The molecule has 3 rings (SSSR count). The minimum absolute atomic E-state index is 0.461. The third-order valence-electron chi connectivity index (χ3n) is 4.29. The number of aromatic amines is 1. The van der Waals surface area contributed by atoms with Crippen molar-refractivity contribution in [2.75, 3.05) is 6.54 Å². The topological polar surface area (TPSA) is 31.9 Å². The highest BCUT2D eigenvalue weighted by Gasteiger charge is 2.13. The fourth-order valence-corrected chi connectivity index (χ4v) is 2.66. The third kappa shape index (κ3) is 4.04. The number of hydrogen-bond donors (Lipinski definition) is 1. The van der Waals surface area contributed by atoms with Crippen LogP contribution >= 0.6 is 0 Å². The van der Waals surface area contributed by atoms with Gasteiger partial charge in [-0.3, -0.25) is 4.90 Å². The fraction of sp³-hybridized carbons (Fsp3) is 0.286. The molecule has 1 aromatic heterocycles. The van der Waals surface area contributed by atoms with Crippen LogP contribution in [0, 0.1) is 11.8 Å². The van der Waals surface area contributed by atoms with E-state index in [-0.39, 0.29) is 0 Å². The van der Waals surface area contributed by atoms with Gasteiger partial charge in [0.2, 0.25) is 0 Å². The summed E-state index contributed by atoms with van der Waals surface area (Å²) in [6.45, 7) is 5.97. The van der Waals surface area contributed by atoms with E-state index in [2.05, 4.69) is 41.6 Å². The molecule has 3 heteroatoms. The van der Waals surface area contributed by atoms with Gasteiger partial charge in [-0.05, 0) is 37.6 Å². The molecule has 1 atom stereocenters. The number of H-pyrrole nitrogens is 1. The molecule has 3 aromatic rings. The Morgan fingerprint density at radius 1 is 1.08 bits per heavy atom. The monoisotopic (exact) mass is 317 g/mol. The molecule has 0 saturated heterocycles. The van der Waals surface area contributed by atoms with Crippen molar-refractivity contribution in [3.05, 3.63) is 66.0 Å². The lowest BCUT2D eigenvalue weighted by Crippen LogP contribution is -2.32. The van der Waals surface area contributed by atoms with Gasteiger partial charge in [-0.1, -0.05) is 49.1 Å². The number of benzene rings is 2. The van der Waals surface area contributed by atoms with E-state index in [0.29, 0.717) is 6.04 Å². The highest BCUT2D eigenvalue weighted by molar-refractivity contribution is 5.74. The molecular weight excluding hydrogens is 294 g/mol. The van der Waals surface area contributed by atoms with Gasteiger partial charge in [-0.25, -0.2) is 4.98 Å². The minimum Gasteiger partial charge on any atom is -0.341 e. The van der Waals surface area contributed by atoms with E-state index in [9.17, 15) is 0 Å². The van der Waals surface area contributed by atoms with E-state index in [1.54, 1.807) is 0 Å². The first kappa shape index (κ1) is 16.3. The van der Waals surface area contributed by atoms with Crippen LogP contribution in [0.25, 0.3) is 11.0 Å². The lowest BCUT2D eigenvalue weighted by atomic mass is 10.2. The van der Waals surface area contributed by atoms with E-state index in [1.807, 2.05) is 48.5 Å². The van der Waals surface area contributed by atoms with Crippen LogP contribution in [0.3, 0.4) is 0 Å². The Balaban J connectivity index is 1.73. The van der Waals surface area contributed by atoms with Crippen molar-refractivity contribution in [3.8, 4) is 11.8 Å². The number of nitrogens with one attached hydrogen (secondary N) is 1. The maximum absolute atomic E-state index is 4.69. The predicted octanol–water partition coefficient (Wildman–Crippen LogP) is 4.22. The highest BCUT2D eigenvalue weighted by atomic mass is 15.2. The average molecular weight is 317 g/mol. The van der Waals surface area contributed by atoms with Crippen molar-refractivity contribution < 1.29 is 0 Å². The van der Waals surface area contributed by atoms with Gasteiger partial charge in [0.1, 0.15) is 5.82 Å². The van der Waals surface area contributed by atoms with Gasteiger partial charge in [-0.2, -0.15) is 0 Å². The maximum atomic E-state index is 4.69. The number of hydrogen-bond acceptors (Lipinski definition) is 2. The van der Waals surface area contributed by atoms with Gasteiger partial charge in [-0.15, -0.1) is 0 Å². The van der Waals surface area contributed by atoms with Crippen molar-refractivity contribution in [2.24, 2.45) is 0 Å². The van der Waals surface area contributed by atoms with Gasteiger partial charge >= 0.3 is 0 Å². The number of aromatic nitrogens is 2. The van der Waals surface area contributed by atoms with E-state index >= 15 is 0 Å². The van der Waals surface area contributed by atoms with Crippen LogP contribution in [-0.2, 0) is 6.54 Å². The standard InChI is InChI=1S/C21H23N3/c1-3-17(2)24(15-9-12-18-10-5-4-6-11-18)16-21-22-19-13-7-8-14-20(19)23-21/h4-8,10-11,13-14,17H,3,15-16H2,1-2H3,(H,22,23)/t17-/m1/s1. The van der Waals surface area contributed by atoms with E-state index in [4.69, 9.17) is 4.98 Å². The first-order valence-corrected chi connectivity index (χ1v) is 8.48. The molecule has 1 N–H and O–H groups in total. The summed E-state index contributed by atoms with van der Waals surface area (Å²) < 4.78 is 0. The molecule has 0 unspecified atom stereocenters. The fourth-order valence-electron chi connectivity index (χ4n) is 2.66. The summed E-state index contributed by atoms with van der Waals surface area (Å²) >= 11 is 0. The summed E-state index contributed by atoms with van der Waals surface area (Å²) in [6, 6.07) is 18.7. The molecule has 0 amide bonds. The number of para-hydroxylation sites is 2. The summed E-state index contributed by atoms with van der Waals surface area (Å²) in [6.07, 6.45) is 1.09. The first-order chi connectivity index (χ1) is 11.8. The number of fused-ring (bicyclic) bond motifs is 1. The zero-order valence-electron chi connectivity index (χ0n) is 14.3. The first-order valence-electron chi connectivity index (χ1n) is 8.48. The van der Waals surface area contributed by atoms with Gasteiger partial charge in [0.15, 0.2) is 0 Å². The molecule has 0 bridgehead atoms.